The van der Waals surface area contributed by atoms with Gasteiger partial charge in [0.1, 0.15) is 0 Å². The largest absolute Gasteiger partial charge is 0.360 e. The summed E-state index contributed by atoms with van der Waals surface area (Å²) in [6.07, 6.45) is 6.02. The van der Waals surface area contributed by atoms with Crippen molar-refractivity contribution in [3.63, 3.8) is 0 Å². The van der Waals surface area contributed by atoms with Gasteiger partial charge in [0.05, 0.1) is 4.32 Å². The molecule has 1 aromatic carbocycles. The first-order valence-corrected chi connectivity index (χ1v) is 6.80. The van der Waals surface area contributed by atoms with Crippen LogP contribution < -0.4 is 0 Å². The molecule has 0 saturated heterocycles. The van der Waals surface area contributed by atoms with Crippen molar-refractivity contribution in [2.75, 3.05) is 0 Å². The first-order chi connectivity index (χ1) is 8.21. The molecule has 0 radical (unpaired) electrons. The molecule has 0 unspecified atom stereocenters. The average Bonchev–Trinajstić information content (AvgIpc) is 2.95. The minimum absolute atomic E-state index is 0.229. The van der Waals surface area contributed by atoms with Crippen molar-refractivity contribution in [2.24, 2.45) is 0 Å². The lowest BCUT2D eigenvalue weighted by molar-refractivity contribution is 0.0950. The minimum Gasteiger partial charge on any atom is -0.360 e. The number of Topliss-reactive ketones (excluding diaryl/α,β-unsaturated/α-hetero) is 1. The molecule has 0 spiro atoms. The highest BCUT2D eigenvalue weighted by Gasteiger charge is 2.39. The molecule has 1 fully saturated rings. The summed E-state index contributed by atoms with van der Waals surface area (Å²) in [5.41, 5.74) is 1.85. The van der Waals surface area contributed by atoms with Gasteiger partial charge in [-0.2, -0.15) is 0 Å². The summed E-state index contributed by atoms with van der Waals surface area (Å²) in [4.78, 5) is 15.7. The number of ketones is 1. The number of H-pyrrole nitrogens is 1. The molecule has 1 aliphatic rings. The molecule has 0 aliphatic heterocycles. The molecule has 88 valence electrons. The Morgan fingerprint density at radius 1 is 1.24 bits per heavy atom. The van der Waals surface area contributed by atoms with Gasteiger partial charge >= 0.3 is 0 Å². The summed E-state index contributed by atoms with van der Waals surface area (Å²) in [5, 5.41) is 1.03. The Morgan fingerprint density at radius 2 is 1.94 bits per heavy atom. The number of hydrogen-bond acceptors (Lipinski definition) is 1. The number of benzene rings is 1. The second kappa shape index (κ2) is 3.98. The molecule has 0 atom stereocenters. The van der Waals surface area contributed by atoms with Gasteiger partial charge in [0, 0.05) is 22.7 Å². The third-order valence-corrected chi connectivity index (χ3v) is 4.79. The summed E-state index contributed by atoms with van der Waals surface area (Å²) in [7, 11) is 0. The van der Waals surface area contributed by atoms with Crippen molar-refractivity contribution in [1.82, 2.24) is 4.98 Å². The van der Waals surface area contributed by atoms with Crippen molar-refractivity contribution in [2.45, 2.75) is 30.0 Å². The van der Waals surface area contributed by atoms with E-state index in [1.165, 1.54) is 0 Å². The van der Waals surface area contributed by atoms with Crippen molar-refractivity contribution >= 4 is 32.6 Å². The molecule has 1 N–H and O–H groups in total. The number of carbonyl (C=O) groups is 1. The van der Waals surface area contributed by atoms with E-state index in [1.807, 2.05) is 30.5 Å². The molecule has 1 aliphatic carbocycles. The number of rotatable bonds is 2. The van der Waals surface area contributed by atoms with Crippen LogP contribution in [0.4, 0.5) is 0 Å². The van der Waals surface area contributed by atoms with Crippen LogP contribution in [0, 0.1) is 0 Å². The standard InChI is InChI=1S/C14H14BrNO/c15-14(7-3-4-8-14)13(17)11-9-16-12-6-2-1-5-10(11)12/h1-2,5-6,9,16H,3-4,7-8H2. The maximum absolute atomic E-state index is 12.6. The number of carbonyl (C=O) groups excluding carboxylic acids is 1. The number of para-hydroxylation sites is 1. The van der Waals surface area contributed by atoms with Crippen LogP contribution in [0.3, 0.4) is 0 Å². The van der Waals surface area contributed by atoms with Crippen LogP contribution in [0.1, 0.15) is 36.0 Å². The Hall–Kier alpha value is -1.09. The van der Waals surface area contributed by atoms with Gasteiger partial charge in [-0.15, -0.1) is 0 Å². The van der Waals surface area contributed by atoms with Crippen LogP contribution in [0.2, 0.25) is 0 Å². The molecular formula is C14H14BrNO. The molecule has 3 heteroatoms. The van der Waals surface area contributed by atoms with Crippen LogP contribution in [0.25, 0.3) is 10.9 Å². The molecule has 17 heavy (non-hydrogen) atoms. The highest BCUT2D eigenvalue weighted by atomic mass is 79.9. The van der Waals surface area contributed by atoms with Gasteiger partial charge in [-0.1, -0.05) is 47.0 Å². The number of alkyl halides is 1. The number of fused-ring (bicyclic) bond motifs is 1. The van der Waals surface area contributed by atoms with E-state index < -0.39 is 0 Å². The number of aromatic amines is 1. The smallest absolute Gasteiger partial charge is 0.181 e. The highest BCUT2D eigenvalue weighted by molar-refractivity contribution is 9.10. The average molecular weight is 292 g/mol. The van der Waals surface area contributed by atoms with Gasteiger partial charge in [0.15, 0.2) is 5.78 Å². The number of hydrogen-bond donors (Lipinski definition) is 1. The number of aromatic nitrogens is 1. The normalized spacial score (nSPS) is 18.6. The lowest BCUT2D eigenvalue weighted by atomic mass is 9.96. The quantitative estimate of drug-likeness (QED) is 0.657. The molecule has 1 aromatic heterocycles. The maximum Gasteiger partial charge on any atom is 0.181 e. The van der Waals surface area contributed by atoms with Gasteiger partial charge < -0.3 is 4.98 Å². The van der Waals surface area contributed by atoms with Crippen LogP contribution in [-0.2, 0) is 0 Å². The topological polar surface area (TPSA) is 32.9 Å². The summed E-state index contributed by atoms with van der Waals surface area (Å²) in [6.45, 7) is 0. The Labute approximate surface area is 109 Å². The van der Waals surface area contributed by atoms with E-state index in [1.54, 1.807) is 0 Å². The van der Waals surface area contributed by atoms with Crippen molar-refractivity contribution in [3.05, 3.63) is 36.0 Å². The van der Waals surface area contributed by atoms with Crippen molar-refractivity contribution < 1.29 is 4.79 Å². The van der Waals surface area contributed by atoms with Crippen LogP contribution in [0.15, 0.2) is 30.5 Å². The Balaban J connectivity index is 2.07. The second-order valence-electron chi connectivity index (χ2n) is 4.75. The van der Waals surface area contributed by atoms with E-state index in [9.17, 15) is 4.79 Å². The van der Waals surface area contributed by atoms with Crippen LogP contribution in [0.5, 0.6) is 0 Å². The molecule has 1 heterocycles. The van der Waals surface area contributed by atoms with Gasteiger partial charge in [0.2, 0.25) is 0 Å². The molecule has 1 saturated carbocycles. The van der Waals surface area contributed by atoms with E-state index in [-0.39, 0.29) is 10.1 Å². The third-order valence-electron chi connectivity index (χ3n) is 3.64. The fraction of sp³-hybridized carbons (Fsp3) is 0.357. The van der Waals surface area contributed by atoms with Crippen LogP contribution in [-0.4, -0.2) is 15.1 Å². The molecular weight excluding hydrogens is 278 g/mol. The van der Waals surface area contributed by atoms with E-state index >= 15 is 0 Å². The molecule has 2 nitrogen and oxygen atoms in total. The zero-order chi connectivity index (χ0) is 11.9. The fourth-order valence-electron chi connectivity index (χ4n) is 2.66. The highest BCUT2D eigenvalue weighted by Crippen LogP contribution is 2.41. The first kappa shape index (κ1) is 11.0. The van der Waals surface area contributed by atoms with E-state index in [0.717, 1.165) is 42.1 Å². The summed E-state index contributed by atoms with van der Waals surface area (Å²) in [6, 6.07) is 7.96. The Morgan fingerprint density at radius 3 is 2.71 bits per heavy atom. The minimum atomic E-state index is -0.321. The monoisotopic (exact) mass is 291 g/mol. The maximum atomic E-state index is 12.6. The molecule has 2 aromatic rings. The SMILES string of the molecule is O=C(c1c[nH]c2ccccc12)C1(Br)CCCC1. The first-order valence-electron chi connectivity index (χ1n) is 6.00. The molecule has 0 bridgehead atoms. The third kappa shape index (κ3) is 1.73. The Bertz CT molecular complexity index is 566. The van der Waals surface area contributed by atoms with Crippen molar-refractivity contribution in [3.8, 4) is 0 Å². The predicted octanol–water partition coefficient (Wildman–Crippen LogP) is 4.06. The zero-order valence-corrected chi connectivity index (χ0v) is 11.1. The Kier molecular flexibility index (Phi) is 2.58. The number of halogens is 1. The van der Waals surface area contributed by atoms with Gasteiger partial charge in [-0.05, 0) is 18.9 Å². The fourth-order valence-corrected chi connectivity index (χ4v) is 3.44. The van der Waals surface area contributed by atoms with Gasteiger partial charge in [-0.3, -0.25) is 4.79 Å². The van der Waals surface area contributed by atoms with E-state index in [2.05, 4.69) is 20.9 Å². The van der Waals surface area contributed by atoms with Crippen LogP contribution >= 0.6 is 15.9 Å². The summed E-state index contributed by atoms with van der Waals surface area (Å²) < 4.78 is -0.321. The zero-order valence-electron chi connectivity index (χ0n) is 9.50. The van der Waals surface area contributed by atoms with Gasteiger partial charge in [0.25, 0.3) is 0 Å². The second-order valence-corrected chi connectivity index (χ2v) is 6.27. The van der Waals surface area contributed by atoms with Crippen molar-refractivity contribution in [1.29, 1.82) is 0 Å². The number of nitrogens with one attached hydrogen (secondary N) is 1. The molecule has 3 rings (SSSR count). The van der Waals surface area contributed by atoms with Gasteiger partial charge in [-0.25, -0.2) is 0 Å². The lowest BCUT2D eigenvalue weighted by Crippen LogP contribution is -2.28. The lowest BCUT2D eigenvalue weighted by Gasteiger charge is -2.18. The summed E-state index contributed by atoms with van der Waals surface area (Å²) in [5.74, 6) is 0.229. The van der Waals surface area contributed by atoms with E-state index in [0.29, 0.717) is 0 Å². The summed E-state index contributed by atoms with van der Waals surface area (Å²) >= 11 is 3.66. The van der Waals surface area contributed by atoms with E-state index in [4.69, 9.17) is 0 Å². The predicted molar refractivity (Wildman–Crippen MR) is 72.8 cm³/mol. The molecule has 0 amide bonds.